The predicted molar refractivity (Wildman–Crippen MR) is 78.8 cm³/mol. The van der Waals surface area contributed by atoms with Gasteiger partial charge < -0.3 is 15.0 Å². The number of hydrogen-bond acceptors (Lipinski definition) is 4. The number of nitrogens with zero attached hydrogens (tertiary/aromatic N) is 2. The van der Waals surface area contributed by atoms with Crippen LogP contribution in [0, 0.1) is 0 Å². The molecular weight excluding hydrogens is 266 g/mol. The molecular formula is C16H19N3O2. The van der Waals surface area contributed by atoms with Crippen molar-refractivity contribution in [3.8, 4) is 0 Å². The van der Waals surface area contributed by atoms with E-state index in [-0.39, 0.29) is 12.1 Å². The largest absolute Gasteiger partial charge is 0.453 e. The lowest BCUT2D eigenvalue weighted by Gasteiger charge is -2.25. The van der Waals surface area contributed by atoms with E-state index < -0.39 is 0 Å². The van der Waals surface area contributed by atoms with Crippen LogP contribution in [0.2, 0.25) is 0 Å². The van der Waals surface area contributed by atoms with Crippen LogP contribution >= 0.6 is 0 Å². The van der Waals surface area contributed by atoms with Gasteiger partial charge in [-0.15, -0.1) is 0 Å². The molecule has 21 heavy (non-hydrogen) atoms. The van der Waals surface area contributed by atoms with E-state index in [1.165, 1.54) is 5.56 Å². The fraction of sp³-hybridized carbons (Fsp3) is 0.375. The van der Waals surface area contributed by atoms with Gasteiger partial charge in [0.1, 0.15) is 6.10 Å². The quantitative estimate of drug-likeness (QED) is 0.873. The number of aromatic nitrogens is 2. The predicted octanol–water partition coefficient (Wildman–Crippen LogP) is 2.08. The summed E-state index contributed by atoms with van der Waals surface area (Å²) in [6.07, 6.45) is 6.09. The van der Waals surface area contributed by atoms with Gasteiger partial charge in [-0.2, -0.15) is 0 Å². The molecule has 110 valence electrons. The molecule has 1 aliphatic rings. The van der Waals surface area contributed by atoms with E-state index in [2.05, 4.69) is 11.1 Å². The maximum absolute atomic E-state index is 12.2. The highest BCUT2D eigenvalue weighted by molar-refractivity contribution is 5.87. The minimum atomic E-state index is -0.368. The summed E-state index contributed by atoms with van der Waals surface area (Å²) < 4.78 is 7.45. The van der Waals surface area contributed by atoms with Gasteiger partial charge in [0.05, 0.1) is 6.33 Å². The summed E-state index contributed by atoms with van der Waals surface area (Å²) in [5.74, 6) is -0.368. The lowest BCUT2D eigenvalue weighted by Crippen LogP contribution is -2.17. The lowest BCUT2D eigenvalue weighted by molar-refractivity contribution is 0.0250. The molecule has 2 aromatic rings. The van der Waals surface area contributed by atoms with Gasteiger partial charge in [-0.3, -0.25) is 0 Å². The minimum Gasteiger partial charge on any atom is -0.453 e. The molecule has 2 N–H and O–H groups in total. The van der Waals surface area contributed by atoms with Crippen molar-refractivity contribution >= 4 is 5.97 Å². The Hall–Kier alpha value is -2.14. The van der Waals surface area contributed by atoms with Crippen LogP contribution in [0.15, 0.2) is 36.8 Å². The number of carbonyl (C=O) groups excluding carboxylic acids is 1. The summed E-state index contributed by atoms with van der Waals surface area (Å²) in [7, 11) is 0. The van der Waals surface area contributed by atoms with Crippen molar-refractivity contribution in [1.82, 2.24) is 9.55 Å². The number of benzene rings is 1. The van der Waals surface area contributed by atoms with Crippen LogP contribution in [0.3, 0.4) is 0 Å². The number of fused-ring (bicyclic) bond motifs is 1. The second kappa shape index (κ2) is 6.10. The third-order valence-electron chi connectivity index (χ3n) is 3.79. The number of rotatable bonds is 4. The van der Waals surface area contributed by atoms with Crippen molar-refractivity contribution in [3.63, 3.8) is 0 Å². The zero-order valence-corrected chi connectivity index (χ0v) is 11.9. The van der Waals surface area contributed by atoms with E-state index in [4.69, 9.17) is 10.5 Å². The standard InChI is InChI=1S/C16H19N3O2/c17-8-9-19-10-14(18-11-19)16(20)21-15-7-3-5-12-4-1-2-6-13(12)15/h1-2,4,6,10-11,15H,3,5,7-9,17H2. The van der Waals surface area contributed by atoms with Crippen LogP contribution in [0.5, 0.6) is 0 Å². The molecule has 0 radical (unpaired) electrons. The Bertz CT molecular complexity index is 636. The number of esters is 1. The van der Waals surface area contributed by atoms with Crippen LogP contribution in [0.25, 0.3) is 0 Å². The fourth-order valence-corrected chi connectivity index (χ4v) is 2.76. The average Bonchev–Trinajstić information content (AvgIpc) is 2.97. The second-order valence-corrected chi connectivity index (χ2v) is 5.27. The van der Waals surface area contributed by atoms with Crippen molar-refractivity contribution < 1.29 is 9.53 Å². The van der Waals surface area contributed by atoms with Gasteiger partial charge in [0.2, 0.25) is 0 Å². The van der Waals surface area contributed by atoms with Crippen LogP contribution in [-0.2, 0) is 17.7 Å². The molecule has 5 heteroatoms. The van der Waals surface area contributed by atoms with E-state index in [1.807, 2.05) is 18.2 Å². The molecule has 5 nitrogen and oxygen atoms in total. The molecule has 1 unspecified atom stereocenters. The van der Waals surface area contributed by atoms with E-state index in [1.54, 1.807) is 17.1 Å². The fourth-order valence-electron chi connectivity index (χ4n) is 2.76. The summed E-state index contributed by atoms with van der Waals surface area (Å²) in [6.45, 7) is 1.16. The van der Waals surface area contributed by atoms with Crippen LogP contribution in [0.4, 0.5) is 0 Å². The normalized spacial score (nSPS) is 17.3. The van der Waals surface area contributed by atoms with Gasteiger partial charge in [-0.1, -0.05) is 24.3 Å². The Morgan fingerprint density at radius 3 is 3.14 bits per heavy atom. The number of nitrogens with two attached hydrogens (primary N) is 1. The first-order valence-corrected chi connectivity index (χ1v) is 7.28. The molecule has 1 aliphatic carbocycles. The number of ether oxygens (including phenoxy) is 1. The van der Waals surface area contributed by atoms with Crippen molar-refractivity contribution in [2.75, 3.05) is 6.54 Å². The van der Waals surface area contributed by atoms with Crippen molar-refractivity contribution in [2.45, 2.75) is 31.9 Å². The smallest absolute Gasteiger partial charge is 0.359 e. The zero-order valence-electron chi connectivity index (χ0n) is 11.9. The molecule has 1 aromatic carbocycles. The van der Waals surface area contributed by atoms with Gasteiger partial charge in [0, 0.05) is 19.3 Å². The molecule has 0 saturated carbocycles. The summed E-state index contributed by atoms with van der Waals surface area (Å²) in [5.41, 5.74) is 8.22. The van der Waals surface area contributed by atoms with Gasteiger partial charge in [0.15, 0.2) is 5.69 Å². The molecule has 0 saturated heterocycles. The van der Waals surface area contributed by atoms with Gasteiger partial charge in [0.25, 0.3) is 0 Å². The molecule has 1 heterocycles. The van der Waals surface area contributed by atoms with Gasteiger partial charge in [-0.25, -0.2) is 9.78 Å². The molecule has 0 spiro atoms. The third-order valence-corrected chi connectivity index (χ3v) is 3.79. The maximum Gasteiger partial charge on any atom is 0.359 e. The number of carbonyl (C=O) groups is 1. The molecule has 3 rings (SSSR count). The average molecular weight is 285 g/mol. The van der Waals surface area contributed by atoms with E-state index in [9.17, 15) is 4.79 Å². The molecule has 0 aliphatic heterocycles. The Morgan fingerprint density at radius 1 is 1.43 bits per heavy atom. The first-order chi connectivity index (χ1) is 10.3. The Balaban J connectivity index is 1.73. The summed E-state index contributed by atoms with van der Waals surface area (Å²) in [5, 5.41) is 0. The van der Waals surface area contributed by atoms with E-state index >= 15 is 0 Å². The topological polar surface area (TPSA) is 70.1 Å². The van der Waals surface area contributed by atoms with E-state index in [0.717, 1.165) is 24.8 Å². The Kier molecular flexibility index (Phi) is 4.01. The molecule has 1 atom stereocenters. The second-order valence-electron chi connectivity index (χ2n) is 5.27. The Morgan fingerprint density at radius 2 is 2.29 bits per heavy atom. The first kappa shape index (κ1) is 13.8. The lowest BCUT2D eigenvalue weighted by atomic mass is 9.89. The highest BCUT2D eigenvalue weighted by Crippen LogP contribution is 2.32. The van der Waals surface area contributed by atoms with Gasteiger partial charge >= 0.3 is 5.97 Å². The number of hydrogen-bond donors (Lipinski definition) is 1. The highest BCUT2D eigenvalue weighted by atomic mass is 16.5. The molecule has 0 fully saturated rings. The highest BCUT2D eigenvalue weighted by Gasteiger charge is 2.24. The number of imidazole rings is 1. The van der Waals surface area contributed by atoms with Gasteiger partial charge in [-0.05, 0) is 30.4 Å². The SMILES string of the molecule is NCCn1cnc(C(=O)OC2CCCc3ccccc32)c1. The summed E-state index contributed by atoms with van der Waals surface area (Å²) in [4.78, 5) is 16.3. The minimum absolute atomic E-state index is 0.165. The zero-order chi connectivity index (χ0) is 14.7. The summed E-state index contributed by atoms with van der Waals surface area (Å²) in [6, 6.07) is 8.16. The third kappa shape index (κ3) is 2.97. The van der Waals surface area contributed by atoms with Crippen molar-refractivity contribution in [3.05, 3.63) is 53.6 Å². The maximum atomic E-state index is 12.2. The molecule has 0 bridgehead atoms. The van der Waals surface area contributed by atoms with Crippen LogP contribution < -0.4 is 5.73 Å². The van der Waals surface area contributed by atoms with E-state index in [0.29, 0.717) is 18.8 Å². The van der Waals surface area contributed by atoms with Crippen LogP contribution in [0.1, 0.15) is 40.6 Å². The van der Waals surface area contributed by atoms with Crippen molar-refractivity contribution in [2.24, 2.45) is 5.73 Å². The summed E-state index contributed by atoms with van der Waals surface area (Å²) >= 11 is 0. The first-order valence-electron chi connectivity index (χ1n) is 7.28. The molecule has 0 amide bonds. The van der Waals surface area contributed by atoms with Crippen LogP contribution in [-0.4, -0.2) is 22.1 Å². The monoisotopic (exact) mass is 285 g/mol. The van der Waals surface area contributed by atoms with Crippen molar-refractivity contribution in [1.29, 1.82) is 0 Å². The Labute approximate surface area is 123 Å². The number of aryl methyl sites for hydroxylation is 1. The molecule has 1 aromatic heterocycles.